The van der Waals surface area contributed by atoms with Crippen molar-refractivity contribution in [1.29, 1.82) is 5.26 Å². The van der Waals surface area contributed by atoms with Crippen LogP contribution in [0.2, 0.25) is 0 Å². The number of ether oxygens (including phenoxy) is 1. The van der Waals surface area contributed by atoms with E-state index in [2.05, 4.69) is 0 Å². The number of nitrogens with zero attached hydrogens (tertiary/aromatic N) is 2. The van der Waals surface area contributed by atoms with E-state index in [1.54, 1.807) is 37.3 Å². The summed E-state index contributed by atoms with van der Waals surface area (Å²) in [4.78, 5) is 26.9. The van der Waals surface area contributed by atoms with Crippen molar-refractivity contribution in [3.05, 3.63) is 82.4 Å². The molecule has 4 rings (SSSR count). The molecule has 2 aromatic carbocycles. The number of hydrogen-bond acceptors (Lipinski definition) is 6. The maximum atomic E-state index is 13.2. The number of imide groups is 1. The van der Waals surface area contributed by atoms with E-state index in [-0.39, 0.29) is 34.6 Å². The van der Waals surface area contributed by atoms with Crippen molar-refractivity contribution in [2.75, 3.05) is 11.5 Å². The summed E-state index contributed by atoms with van der Waals surface area (Å²) in [5, 5.41) is 9.53. The van der Waals surface area contributed by atoms with Gasteiger partial charge >= 0.3 is 0 Å². The smallest absolute Gasteiger partial charge is 0.271 e. The summed E-state index contributed by atoms with van der Waals surface area (Å²) in [7, 11) is -3.31. The molecule has 0 aromatic heterocycles. The molecule has 0 spiro atoms. The Kier molecular flexibility index (Phi) is 6.16. The van der Waals surface area contributed by atoms with Gasteiger partial charge in [-0.25, -0.2) is 8.42 Å². The average molecular weight is 463 g/mol. The zero-order chi connectivity index (χ0) is 23.6. The standard InChI is InChI=1S/C25H22N2O5S/c1-17-22(13-18-7-9-21(10-8-18)32-15-19-5-3-2-4-6-19)24(28)27(25(29)23(17)14-26)20-11-12-33(30,31)16-20/h2-10,13,20H,11-12,15-16H2,1H3/b22-13+. The minimum atomic E-state index is -3.31. The van der Waals surface area contributed by atoms with Crippen LogP contribution in [0, 0.1) is 11.3 Å². The number of carbonyl (C=O) groups is 2. The molecule has 0 N–H and O–H groups in total. The van der Waals surface area contributed by atoms with Gasteiger partial charge in [0.1, 0.15) is 24.0 Å². The van der Waals surface area contributed by atoms with Gasteiger partial charge in [0.2, 0.25) is 0 Å². The molecular weight excluding hydrogens is 440 g/mol. The van der Waals surface area contributed by atoms with E-state index in [1.165, 1.54) is 0 Å². The first-order valence-electron chi connectivity index (χ1n) is 10.5. The lowest BCUT2D eigenvalue weighted by molar-refractivity contribution is -0.142. The number of sulfone groups is 1. The Balaban J connectivity index is 1.59. The van der Waals surface area contributed by atoms with Gasteiger partial charge in [0.05, 0.1) is 17.5 Å². The van der Waals surface area contributed by atoms with Crippen molar-refractivity contribution in [2.45, 2.75) is 26.0 Å². The lowest BCUT2D eigenvalue weighted by atomic mass is 9.92. The number of amides is 2. The second-order valence-electron chi connectivity index (χ2n) is 8.05. The van der Waals surface area contributed by atoms with Crippen LogP contribution in [0.5, 0.6) is 5.75 Å². The number of hydrogen-bond donors (Lipinski definition) is 0. The fraction of sp³-hybridized carbons (Fsp3) is 0.240. The second kappa shape index (κ2) is 9.04. The molecule has 7 nitrogen and oxygen atoms in total. The Labute approximate surface area is 192 Å². The van der Waals surface area contributed by atoms with Gasteiger partial charge in [0, 0.05) is 5.57 Å². The van der Waals surface area contributed by atoms with E-state index >= 15 is 0 Å². The van der Waals surface area contributed by atoms with Crippen molar-refractivity contribution in [2.24, 2.45) is 0 Å². The minimum Gasteiger partial charge on any atom is -0.489 e. The molecule has 0 radical (unpaired) electrons. The van der Waals surface area contributed by atoms with Crippen LogP contribution in [0.1, 0.15) is 24.5 Å². The Morgan fingerprint density at radius 2 is 1.79 bits per heavy atom. The van der Waals surface area contributed by atoms with Gasteiger partial charge in [-0.1, -0.05) is 42.5 Å². The van der Waals surface area contributed by atoms with E-state index in [9.17, 15) is 23.3 Å². The molecule has 0 saturated carbocycles. The predicted octanol–water partition coefficient (Wildman–Crippen LogP) is 3.04. The van der Waals surface area contributed by atoms with E-state index in [1.807, 2.05) is 36.4 Å². The topological polar surface area (TPSA) is 105 Å². The predicted molar refractivity (Wildman–Crippen MR) is 122 cm³/mol. The zero-order valence-electron chi connectivity index (χ0n) is 18.0. The Bertz CT molecular complexity index is 1300. The maximum absolute atomic E-state index is 13.2. The zero-order valence-corrected chi connectivity index (χ0v) is 18.8. The molecule has 1 fully saturated rings. The molecule has 1 unspecified atom stereocenters. The molecule has 2 aromatic rings. The Hall–Kier alpha value is -3.70. The number of benzene rings is 2. The Morgan fingerprint density at radius 1 is 1.09 bits per heavy atom. The fourth-order valence-corrected chi connectivity index (χ4v) is 5.68. The van der Waals surface area contributed by atoms with Gasteiger partial charge in [-0.3, -0.25) is 14.5 Å². The molecule has 2 amide bonds. The van der Waals surface area contributed by atoms with Crippen molar-refractivity contribution in [3.8, 4) is 11.8 Å². The highest BCUT2D eigenvalue weighted by molar-refractivity contribution is 7.91. The van der Waals surface area contributed by atoms with Crippen LogP contribution in [0.4, 0.5) is 0 Å². The molecule has 2 heterocycles. The molecule has 1 atom stereocenters. The van der Waals surface area contributed by atoms with Crippen LogP contribution < -0.4 is 4.74 Å². The number of rotatable bonds is 5. The average Bonchev–Trinajstić information content (AvgIpc) is 3.16. The normalized spacial score (nSPS) is 21.4. The van der Waals surface area contributed by atoms with E-state index in [0.29, 0.717) is 17.9 Å². The summed E-state index contributed by atoms with van der Waals surface area (Å²) in [6.45, 7) is 1.98. The first-order valence-corrected chi connectivity index (χ1v) is 12.3. The van der Waals surface area contributed by atoms with Crippen LogP contribution in [0.25, 0.3) is 6.08 Å². The Morgan fingerprint density at radius 3 is 2.39 bits per heavy atom. The van der Waals surface area contributed by atoms with Crippen molar-refractivity contribution in [3.63, 3.8) is 0 Å². The van der Waals surface area contributed by atoms with Gasteiger partial charge in [0.15, 0.2) is 9.84 Å². The monoisotopic (exact) mass is 462 g/mol. The fourth-order valence-electron chi connectivity index (χ4n) is 3.98. The first-order chi connectivity index (χ1) is 15.8. The molecule has 0 aliphatic carbocycles. The van der Waals surface area contributed by atoms with Crippen molar-refractivity contribution >= 4 is 27.7 Å². The highest BCUT2D eigenvalue weighted by Crippen LogP contribution is 2.31. The summed E-state index contributed by atoms with van der Waals surface area (Å²) >= 11 is 0. The summed E-state index contributed by atoms with van der Waals surface area (Å²) in [5.74, 6) is -1.01. The first kappa shape index (κ1) is 22.5. The summed E-state index contributed by atoms with van der Waals surface area (Å²) in [6, 6.07) is 18.0. The van der Waals surface area contributed by atoms with Gasteiger partial charge < -0.3 is 4.74 Å². The van der Waals surface area contributed by atoms with Crippen molar-refractivity contribution < 1.29 is 22.7 Å². The number of nitriles is 1. The molecule has 33 heavy (non-hydrogen) atoms. The van der Waals surface area contributed by atoms with E-state index < -0.39 is 27.7 Å². The third-order valence-corrected chi connectivity index (χ3v) is 7.54. The molecule has 1 saturated heterocycles. The van der Waals surface area contributed by atoms with Gasteiger partial charge in [-0.15, -0.1) is 0 Å². The summed E-state index contributed by atoms with van der Waals surface area (Å²) in [6.07, 6.45) is 1.79. The number of carbonyl (C=O) groups excluding carboxylic acids is 2. The van der Waals surface area contributed by atoms with Crippen LogP contribution >= 0.6 is 0 Å². The minimum absolute atomic E-state index is 0.0806. The molecular formula is C25H22N2O5S. The SMILES string of the molecule is CC1=C(C#N)C(=O)N(C2CCS(=O)(=O)C2)C(=O)/C1=C/c1ccc(OCc2ccccc2)cc1. The summed E-state index contributed by atoms with van der Waals surface area (Å²) in [5.41, 5.74) is 2.07. The molecule has 2 aliphatic heterocycles. The van der Waals surface area contributed by atoms with Crippen LogP contribution in [-0.4, -0.2) is 42.7 Å². The maximum Gasteiger partial charge on any atom is 0.271 e. The van der Waals surface area contributed by atoms with E-state index in [0.717, 1.165) is 10.5 Å². The van der Waals surface area contributed by atoms with Gasteiger partial charge in [0.25, 0.3) is 11.8 Å². The van der Waals surface area contributed by atoms with Gasteiger partial charge in [-0.2, -0.15) is 5.26 Å². The molecule has 0 bridgehead atoms. The molecule has 168 valence electrons. The third kappa shape index (κ3) is 4.73. The largest absolute Gasteiger partial charge is 0.489 e. The highest BCUT2D eigenvalue weighted by Gasteiger charge is 2.43. The summed E-state index contributed by atoms with van der Waals surface area (Å²) < 4.78 is 29.6. The third-order valence-electron chi connectivity index (χ3n) is 5.79. The van der Waals surface area contributed by atoms with E-state index in [4.69, 9.17) is 4.74 Å². The van der Waals surface area contributed by atoms with Gasteiger partial charge in [-0.05, 0) is 48.3 Å². The van der Waals surface area contributed by atoms with Crippen molar-refractivity contribution in [1.82, 2.24) is 4.90 Å². The lowest BCUT2D eigenvalue weighted by Crippen LogP contribution is -2.49. The van der Waals surface area contributed by atoms with Crippen LogP contribution in [0.3, 0.4) is 0 Å². The quantitative estimate of drug-likeness (QED) is 0.500. The molecule has 8 heteroatoms. The second-order valence-corrected chi connectivity index (χ2v) is 10.3. The highest BCUT2D eigenvalue weighted by atomic mass is 32.2. The lowest BCUT2D eigenvalue weighted by Gasteiger charge is -2.31. The van der Waals surface area contributed by atoms with Crippen LogP contribution in [0.15, 0.2) is 71.3 Å². The molecule has 2 aliphatic rings. The van der Waals surface area contributed by atoms with Crippen LogP contribution in [-0.2, 0) is 26.0 Å².